The van der Waals surface area contributed by atoms with E-state index in [1.54, 1.807) is 24.3 Å². The largest absolute Gasteiger partial charge is 0.465 e. The summed E-state index contributed by atoms with van der Waals surface area (Å²) < 4.78 is 50.3. The lowest BCUT2D eigenvalue weighted by atomic mass is 10.1. The Bertz CT molecular complexity index is 1380. The fraction of sp³-hybridized carbons (Fsp3) is 0.280. The Morgan fingerprint density at radius 3 is 2.64 bits per heavy atom. The number of aromatic nitrogens is 1. The summed E-state index contributed by atoms with van der Waals surface area (Å²) >= 11 is 0. The molecule has 0 aliphatic carbocycles. The Morgan fingerprint density at radius 1 is 1.12 bits per heavy atom. The molecule has 170 valence electrons. The van der Waals surface area contributed by atoms with Crippen LogP contribution in [0.2, 0.25) is 0 Å². The van der Waals surface area contributed by atoms with Gasteiger partial charge in [-0.2, -0.15) is 13.2 Å². The summed E-state index contributed by atoms with van der Waals surface area (Å²) in [4.78, 5) is 19.0. The maximum absolute atomic E-state index is 13.2. The van der Waals surface area contributed by atoms with Crippen LogP contribution in [0, 0.1) is 0 Å². The molecule has 5 rings (SSSR count). The van der Waals surface area contributed by atoms with Crippen LogP contribution < -0.4 is 4.90 Å². The summed E-state index contributed by atoms with van der Waals surface area (Å²) in [6.07, 6.45) is -2.38. The van der Waals surface area contributed by atoms with Crippen molar-refractivity contribution in [2.75, 3.05) is 18.6 Å². The van der Waals surface area contributed by atoms with Gasteiger partial charge in [-0.3, -0.25) is 0 Å². The molecule has 2 aromatic heterocycles. The van der Waals surface area contributed by atoms with E-state index < -0.39 is 17.7 Å². The number of furan rings is 1. The monoisotopic (exact) mass is 454 g/mol. The highest BCUT2D eigenvalue weighted by Gasteiger charge is 2.31. The molecule has 0 N–H and O–H groups in total. The number of benzene rings is 2. The molecule has 33 heavy (non-hydrogen) atoms. The number of nitrogens with zero attached hydrogens (tertiary/aromatic N) is 2. The maximum atomic E-state index is 13.2. The number of esters is 1. The number of carbonyl (C=O) groups excluding carboxylic acids is 1. The van der Waals surface area contributed by atoms with Crippen molar-refractivity contribution < 1.29 is 27.1 Å². The van der Waals surface area contributed by atoms with E-state index in [1.807, 2.05) is 6.07 Å². The first-order valence-electron chi connectivity index (χ1n) is 10.7. The van der Waals surface area contributed by atoms with E-state index in [4.69, 9.17) is 14.1 Å². The number of carbonyl (C=O) groups is 1. The quantitative estimate of drug-likeness (QED) is 0.333. The molecular formula is C25H21F3N2O3. The molecule has 0 radical (unpaired) electrons. The summed E-state index contributed by atoms with van der Waals surface area (Å²) in [6, 6.07) is 12.4. The van der Waals surface area contributed by atoms with Gasteiger partial charge in [-0.1, -0.05) is 0 Å². The molecule has 1 fully saturated rings. The summed E-state index contributed by atoms with van der Waals surface area (Å²) in [5.74, 6) is -0.0350. The van der Waals surface area contributed by atoms with Gasteiger partial charge in [0.15, 0.2) is 5.76 Å². The zero-order valence-corrected chi connectivity index (χ0v) is 18.1. The standard InChI is InChI=1S/C25H21F3N2O3/c1-14-4-3-9-30(14)20-12-16-10-15(24(31)32-2)5-7-19(16)29-23(20)22-13-17-11-18(25(26,27)28)6-8-21(17)33-22/h5-8,10-14H,3-4,9H2,1-2H3/t14-/m0/s1. The lowest BCUT2D eigenvalue weighted by Gasteiger charge is -2.26. The van der Waals surface area contributed by atoms with Gasteiger partial charge in [-0.15, -0.1) is 0 Å². The smallest absolute Gasteiger partial charge is 0.416 e. The Morgan fingerprint density at radius 2 is 1.94 bits per heavy atom. The zero-order chi connectivity index (χ0) is 23.3. The second kappa shape index (κ2) is 7.79. The van der Waals surface area contributed by atoms with Gasteiger partial charge < -0.3 is 14.1 Å². The second-order valence-electron chi connectivity index (χ2n) is 8.30. The maximum Gasteiger partial charge on any atom is 0.416 e. The van der Waals surface area contributed by atoms with Gasteiger partial charge in [0.25, 0.3) is 0 Å². The van der Waals surface area contributed by atoms with E-state index in [0.29, 0.717) is 33.5 Å². The lowest BCUT2D eigenvalue weighted by molar-refractivity contribution is -0.137. The molecule has 4 aromatic rings. The second-order valence-corrected chi connectivity index (χ2v) is 8.30. The molecule has 0 bridgehead atoms. The minimum atomic E-state index is -4.43. The minimum Gasteiger partial charge on any atom is -0.465 e. The number of methoxy groups -OCH3 is 1. The van der Waals surface area contributed by atoms with Crippen molar-refractivity contribution in [3.63, 3.8) is 0 Å². The molecule has 0 amide bonds. The molecule has 1 atom stereocenters. The number of anilines is 1. The summed E-state index contributed by atoms with van der Waals surface area (Å²) in [5, 5.41) is 1.13. The Labute approximate surface area is 187 Å². The number of hydrogen-bond acceptors (Lipinski definition) is 5. The van der Waals surface area contributed by atoms with Crippen LogP contribution in [-0.4, -0.2) is 30.6 Å². The van der Waals surface area contributed by atoms with E-state index in [2.05, 4.69) is 11.8 Å². The van der Waals surface area contributed by atoms with E-state index in [-0.39, 0.29) is 6.04 Å². The molecule has 1 saturated heterocycles. The van der Waals surface area contributed by atoms with Crippen molar-refractivity contribution in [2.24, 2.45) is 0 Å². The van der Waals surface area contributed by atoms with Gasteiger partial charge in [0.1, 0.15) is 11.3 Å². The molecule has 1 aliphatic heterocycles. The van der Waals surface area contributed by atoms with E-state index in [1.165, 1.54) is 13.2 Å². The summed E-state index contributed by atoms with van der Waals surface area (Å²) in [5.41, 5.74) is 2.09. The van der Waals surface area contributed by atoms with Crippen LogP contribution in [0.1, 0.15) is 35.7 Å². The SMILES string of the molecule is COC(=O)c1ccc2nc(-c3cc4cc(C(F)(F)F)ccc4o3)c(N3CCC[C@@H]3C)cc2c1. The van der Waals surface area contributed by atoms with E-state index >= 15 is 0 Å². The first kappa shape index (κ1) is 21.3. The van der Waals surface area contributed by atoms with Crippen molar-refractivity contribution in [1.29, 1.82) is 0 Å². The average Bonchev–Trinajstić information content (AvgIpc) is 3.42. The highest BCUT2D eigenvalue weighted by Crippen LogP contribution is 2.39. The number of fused-ring (bicyclic) bond motifs is 2. The lowest BCUT2D eigenvalue weighted by Crippen LogP contribution is -2.27. The van der Waals surface area contributed by atoms with E-state index in [9.17, 15) is 18.0 Å². The number of hydrogen-bond donors (Lipinski definition) is 0. The predicted octanol–water partition coefficient (Wildman–Crippen LogP) is 6.44. The zero-order valence-electron chi connectivity index (χ0n) is 18.1. The third kappa shape index (κ3) is 3.79. The molecule has 0 spiro atoms. The first-order chi connectivity index (χ1) is 15.7. The molecular weight excluding hydrogens is 433 g/mol. The van der Waals surface area contributed by atoms with Crippen molar-refractivity contribution >= 4 is 33.5 Å². The van der Waals surface area contributed by atoms with Crippen LogP contribution in [0.3, 0.4) is 0 Å². The van der Waals surface area contributed by atoms with Crippen LogP contribution >= 0.6 is 0 Å². The fourth-order valence-corrected chi connectivity index (χ4v) is 4.44. The third-order valence-corrected chi connectivity index (χ3v) is 6.16. The Kier molecular flexibility index (Phi) is 5.03. The summed E-state index contributed by atoms with van der Waals surface area (Å²) in [6.45, 7) is 2.95. The third-order valence-electron chi connectivity index (χ3n) is 6.16. The molecule has 2 aromatic carbocycles. The fourth-order valence-electron chi connectivity index (χ4n) is 4.44. The predicted molar refractivity (Wildman–Crippen MR) is 119 cm³/mol. The van der Waals surface area contributed by atoms with Crippen LogP contribution in [-0.2, 0) is 10.9 Å². The highest BCUT2D eigenvalue weighted by atomic mass is 19.4. The van der Waals surface area contributed by atoms with Crippen LogP contribution in [0.4, 0.5) is 18.9 Å². The molecule has 3 heterocycles. The van der Waals surface area contributed by atoms with E-state index in [0.717, 1.165) is 42.6 Å². The van der Waals surface area contributed by atoms with Crippen LogP contribution in [0.15, 0.2) is 52.9 Å². The molecule has 1 aliphatic rings. The van der Waals surface area contributed by atoms with Gasteiger partial charge in [0.2, 0.25) is 0 Å². The number of rotatable bonds is 3. The molecule has 0 saturated carbocycles. The molecule has 5 nitrogen and oxygen atoms in total. The number of pyridine rings is 1. The van der Waals surface area contributed by atoms with Gasteiger partial charge in [-0.05, 0) is 68.3 Å². The summed E-state index contributed by atoms with van der Waals surface area (Å²) in [7, 11) is 1.33. The topological polar surface area (TPSA) is 55.6 Å². The number of halogens is 3. The Balaban J connectivity index is 1.69. The van der Waals surface area contributed by atoms with Crippen molar-refractivity contribution in [1.82, 2.24) is 4.98 Å². The first-order valence-corrected chi connectivity index (χ1v) is 10.7. The van der Waals surface area contributed by atoms with Crippen molar-refractivity contribution in [3.05, 3.63) is 59.7 Å². The molecule has 0 unspecified atom stereocenters. The molecule has 8 heteroatoms. The van der Waals surface area contributed by atoms with Gasteiger partial charge in [0, 0.05) is 23.4 Å². The van der Waals surface area contributed by atoms with Crippen molar-refractivity contribution in [3.8, 4) is 11.5 Å². The van der Waals surface area contributed by atoms with Gasteiger partial charge in [-0.25, -0.2) is 9.78 Å². The van der Waals surface area contributed by atoms with Crippen LogP contribution in [0.25, 0.3) is 33.3 Å². The minimum absolute atomic E-state index is 0.271. The van der Waals surface area contributed by atoms with Crippen molar-refractivity contribution in [2.45, 2.75) is 32.0 Å². The normalized spacial score (nSPS) is 16.6. The van der Waals surface area contributed by atoms with Gasteiger partial charge >= 0.3 is 12.1 Å². The van der Waals surface area contributed by atoms with Crippen LogP contribution in [0.5, 0.6) is 0 Å². The number of alkyl halides is 3. The number of ether oxygens (including phenoxy) is 1. The highest BCUT2D eigenvalue weighted by molar-refractivity contribution is 5.97. The van der Waals surface area contributed by atoms with Gasteiger partial charge in [0.05, 0.1) is 29.4 Å². The average molecular weight is 454 g/mol. The Hall–Kier alpha value is -3.55.